The number of nitrogens with one attached hydrogen (secondary N) is 2. The van der Waals surface area contributed by atoms with Crippen LogP contribution in [0.1, 0.15) is 12.2 Å². The van der Waals surface area contributed by atoms with Gasteiger partial charge >= 0.3 is 0 Å². The Balaban J connectivity index is 1.66. The molecule has 23 heavy (non-hydrogen) atoms. The van der Waals surface area contributed by atoms with E-state index in [1.807, 2.05) is 25.3 Å². The lowest BCUT2D eigenvalue weighted by Crippen LogP contribution is -2.05. The average molecular weight is 331 g/mol. The van der Waals surface area contributed by atoms with Crippen molar-refractivity contribution in [1.29, 1.82) is 0 Å². The van der Waals surface area contributed by atoms with Crippen molar-refractivity contribution in [3.05, 3.63) is 35.3 Å². The zero-order valence-electron chi connectivity index (χ0n) is 12.5. The summed E-state index contributed by atoms with van der Waals surface area (Å²) in [7, 11) is 1.85. The largest absolute Gasteiger partial charge is 0.377 e. The van der Waals surface area contributed by atoms with Crippen LogP contribution in [0.15, 0.2) is 24.4 Å². The zero-order chi connectivity index (χ0) is 15.8. The molecule has 0 aliphatic carbocycles. The summed E-state index contributed by atoms with van der Waals surface area (Å²) in [6, 6.07) is 3.82. The van der Waals surface area contributed by atoms with Crippen molar-refractivity contribution in [2.45, 2.75) is 6.42 Å². The number of aryl methyl sites for hydroxylation is 1. The maximum absolute atomic E-state index is 6.43. The van der Waals surface area contributed by atoms with Crippen LogP contribution < -0.4 is 5.32 Å². The second kappa shape index (κ2) is 5.68. The molecule has 0 atom stereocenters. The van der Waals surface area contributed by atoms with E-state index >= 15 is 0 Å². The molecule has 0 saturated heterocycles. The predicted molar refractivity (Wildman–Crippen MR) is 88.8 cm³/mol. The number of hydrogen-bond donors (Lipinski definition) is 2. The fraction of sp³-hybridized carbons (Fsp3) is 0.267. The Kier molecular flexibility index (Phi) is 3.51. The van der Waals surface area contributed by atoms with E-state index in [-0.39, 0.29) is 0 Å². The van der Waals surface area contributed by atoms with E-state index in [4.69, 9.17) is 16.3 Å². The van der Waals surface area contributed by atoms with Gasteiger partial charge in [-0.25, -0.2) is 4.68 Å². The van der Waals surface area contributed by atoms with Crippen molar-refractivity contribution >= 4 is 39.7 Å². The maximum Gasteiger partial charge on any atom is 0.225 e. The van der Waals surface area contributed by atoms with E-state index < -0.39 is 0 Å². The molecule has 1 aromatic carbocycles. The Labute approximate surface area is 137 Å². The van der Waals surface area contributed by atoms with Crippen LogP contribution in [-0.4, -0.2) is 38.2 Å². The first-order valence-corrected chi connectivity index (χ1v) is 7.67. The van der Waals surface area contributed by atoms with E-state index in [2.05, 4.69) is 25.6 Å². The summed E-state index contributed by atoms with van der Waals surface area (Å²) >= 11 is 6.43. The summed E-state index contributed by atoms with van der Waals surface area (Å²) in [5.74, 6) is 1.36. The Morgan fingerprint density at radius 2 is 2.30 bits per heavy atom. The normalized spacial score (nSPS) is 15.0. The first kappa shape index (κ1) is 14.2. The molecule has 0 fully saturated rings. The highest BCUT2D eigenvalue weighted by Crippen LogP contribution is 2.31. The lowest BCUT2D eigenvalue weighted by atomic mass is 10.1. The fourth-order valence-corrected chi connectivity index (χ4v) is 2.82. The Bertz CT molecular complexity index is 897. The predicted octanol–water partition coefficient (Wildman–Crippen LogP) is 2.89. The van der Waals surface area contributed by atoms with Crippen LogP contribution in [-0.2, 0) is 11.8 Å². The molecular weight excluding hydrogens is 316 g/mol. The minimum Gasteiger partial charge on any atom is -0.377 e. The molecular formula is C15H15ClN6O. The number of hydrogen-bond acceptors (Lipinski definition) is 5. The summed E-state index contributed by atoms with van der Waals surface area (Å²) in [6.07, 6.45) is 4.55. The standard InChI is InChI=1S/C15H15ClN6O/c1-22-15(19-14(21-22)9-4-6-23-7-5-9)18-12-3-2-11-10(13(12)16)8-17-20-11/h2-4,8H,5-7H2,1H3,(H,17,20)(H,18,19,21). The first-order valence-electron chi connectivity index (χ1n) is 7.29. The summed E-state index contributed by atoms with van der Waals surface area (Å²) in [5, 5.41) is 16.1. The Morgan fingerprint density at radius 1 is 1.39 bits per heavy atom. The van der Waals surface area contributed by atoms with Gasteiger partial charge in [-0.15, -0.1) is 5.10 Å². The van der Waals surface area contributed by atoms with Crippen molar-refractivity contribution in [3.63, 3.8) is 0 Å². The second-order valence-electron chi connectivity index (χ2n) is 5.32. The number of benzene rings is 1. The number of nitrogens with zero attached hydrogens (tertiary/aromatic N) is 4. The molecule has 8 heteroatoms. The average Bonchev–Trinajstić information content (AvgIpc) is 3.19. The molecule has 0 saturated carbocycles. The highest BCUT2D eigenvalue weighted by molar-refractivity contribution is 6.38. The first-order chi connectivity index (χ1) is 11.2. The number of aromatic amines is 1. The molecule has 0 radical (unpaired) electrons. The number of halogens is 1. The monoisotopic (exact) mass is 330 g/mol. The molecule has 0 amide bonds. The van der Waals surface area contributed by atoms with Gasteiger partial charge in [-0.1, -0.05) is 17.7 Å². The van der Waals surface area contributed by atoms with Gasteiger partial charge in [-0.3, -0.25) is 5.10 Å². The zero-order valence-corrected chi connectivity index (χ0v) is 13.3. The van der Waals surface area contributed by atoms with Crippen LogP contribution >= 0.6 is 11.6 Å². The third kappa shape index (κ3) is 2.58. The lowest BCUT2D eigenvalue weighted by Gasteiger charge is -2.09. The van der Waals surface area contributed by atoms with Crippen molar-refractivity contribution in [1.82, 2.24) is 25.0 Å². The minimum absolute atomic E-state index is 0.603. The Hall–Kier alpha value is -2.38. The molecule has 0 spiro atoms. The molecule has 118 valence electrons. The van der Waals surface area contributed by atoms with Gasteiger partial charge in [0, 0.05) is 12.4 Å². The highest BCUT2D eigenvalue weighted by Gasteiger charge is 2.15. The van der Waals surface area contributed by atoms with Crippen LogP contribution in [0.2, 0.25) is 5.02 Å². The van der Waals surface area contributed by atoms with Gasteiger partial charge in [0.25, 0.3) is 0 Å². The minimum atomic E-state index is 0.603. The summed E-state index contributed by atoms with van der Waals surface area (Å²) in [6.45, 7) is 1.31. The van der Waals surface area contributed by atoms with Gasteiger partial charge in [-0.2, -0.15) is 10.1 Å². The van der Waals surface area contributed by atoms with Crippen LogP contribution in [0.25, 0.3) is 16.5 Å². The molecule has 2 aromatic heterocycles. The molecule has 3 heterocycles. The summed E-state index contributed by atoms with van der Waals surface area (Å²) in [5.41, 5.74) is 2.77. The molecule has 0 unspecified atom stereocenters. The lowest BCUT2D eigenvalue weighted by molar-refractivity contribution is 0.161. The molecule has 7 nitrogen and oxygen atoms in total. The number of aromatic nitrogens is 5. The van der Waals surface area contributed by atoms with Crippen LogP contribution in [0.5, 0.6) is 0 Å². The molecule has 1 aliphatic rings. The highest BCUT2D eigenvalue weighted by atomic mass is 35.5. The van der Waals surface area contributed by atoms with Gasteiger partial charge in [0.05, 0.1) is 35.6 Å². The topological polar surface area (TPSA) is 80.6 Å². The van der Waals surface area contributed by atoms with Crippen molar-refractivity contribution in [3.8, 4) is 0 Å². The number of H-pyrrole nitrogens is 1. The SMILES string of the molecule is Cn1nc(C2=CCOCC2)nc1Nc1ccc2[nH]ncc2c1Cl. The van der Waals surface area contributed by atoms with E-state index in [9.17, 15) is 0 Å². The quantitative estimate of drug-likeness (QED) is 0.771. The second-order valence-corrected chi connectivity index (χ2v) is 5.70. The smallest absolute Gasteiger partial charge is 0.225 e. The maximum atomic E-state index is 6.43. The van der Waals surface area contributed by atoms with E-state index in [1.165, 1.54) is 0 Å². The summed E-state index contributed by atoms with van der Waals surface area (Å²) < 4.78 is 7.03. The van der Waals surface area contributed by atoms with Gasteiger partial charge in [0.2, 0.25) is 5.95 Å². The van der Waals surface area contributed by atoms with Gasteiger partial charge in [-0.05, 0) is 24.1 Å². The van der Waals surface area contributed by atoms with E-state index in [1.54, 1.807) is 10.9 Å². The molecule has 0 bridgehead atoms. The van der Waals surface area contributed by atoms with Crippen LogP contribution in [0.3, 0.4) is 0 Å². The molecule has 2 N–H and O–H groups in total. The molecule has 3 aromatic rings. The van der Waals surface area contributed by atoms with Gasteiger partial charge in [0.15, 0.2) is 5.82 Å². The number of rotatable bonds is 3. The molecule has 1 aliphatic heterocycles. The number of ether oxygens (including phenoxy) is 1. The summed E-state index contributed by atoms with van der Waals surface area (Å²) in [4.78, 5) is 4.57. The van der Waals surface area contributed by atoms with Crippen molar-refractivity contribution < 1.29 is 4.74 Å². The van der Waals surface area contributed by atoms with Crippen molar-refractivity contribution in [2.24, 2.45) is 7.05 Å². The van der Waals surface area contributed by atoms with Gasteiger partial charge < -0.3 is 10.1 Å². The van der Waals surface area contributed by atoms with Crippen molar-refractivity contribution in [2.75, 3.05) is 18.5 Å². The fourth-order valence-electron chi connectivity index (χ4n) is 2.56. The van der Waals surface area contributed by atoms with Crippen LogP contribution in [0.4, 0.5) is 11.6 Å². The number of fused-ring (bicyclic) bond motifs is 1. The third-order valence-corrected chi connectivity index (χ3v) is 4.23. The number of anilines is 2. The van der Waals surface area contributed by atoms with E-state index in [0.717, 1.165) is 34.4 Å². The van der Waals surface area contributed by atoms with Crippen LogP contribution in [0, 0.1) is 0 Å². The molecule has 4 rings (SSSR count). The third-order valence-electron chi connectivity index (χ3n) is 3.82. The Morgan fingerprint density at radius 3 is 3.13 bits per heavy atom. The van der Waals surface area contributed by atoms with E-state index in [0.29, 0.717) is 24.2 Å². The van der Waals surface area contributed by atoms with Gasteiger partial charge in [0.1, 0.15) is 0 Å².